The average Bonchev–Trinajstić information content (AvgIpc) is 3.86. The minimum atomic E-state index is 1.22. The third-order valence-electron chi connectivity index (χ3n) is 8.95. The Labute approximate surface area is 286 Å². The van der Waals surface area contributed by atoms with Crippen molar-refractivity contribution in [1.82, 2.24) is 0 Å². The highest BCUT2D eigenvalue weighted by Gasteiger charge is 2.19. The summed E-state index contributed by atoms with van der Waals surface area (Å²) in [5.74, 6) is 0. The van der Waals surface area contributed by atoms with Crippen LogP contribution in [0.2, 0.25) is 0 Å². The number of thiophene rings is 4. The molecule has 0 spiro atoms. The Morgan fingerprint density at radius 1 is 0.409 bits per heavy atom. The highest BCUT2D eigenvalue weighted by Crippen LogP contribution is 2.47. The van der Waals surface area contributed by atoms with E-state index in [2.05, 4.69) is 72.3 Å². The summed E-state index contributed by atoms with van der Waals surface area (Å²) in [7, 11) is 0. The van der Waals surface area contributed by atoms with E-state index in [1.807, 2.05) is 34.0 Å². The fourth-order valence-corrected chi connectivity index (χ4v) is 10.6. The summed E-state index contributed by atoms with van der Waals surface area (Å²) >= 11 is 7.89. The molecule has 242 valence electrons. The van der Waals surface area contributed by atoms with E-state index in [9.17, 15) is 0 Å². The largest absolute Gasteiger partial charge is 0.143 e. The second kappa shape index (κ2) is 21.6. The van der Waals surface area contributed by atoms with Crippen LogP contribution in [0.4, 0.5) is 0 Å². The first-order valence-corrected chi connectivity index (χ1v) is 21.5. The van der Waals surface area contributed by atoms with Crippen molar-refractivity contribution in [3.63, 3.8) is 0 Å². The Bertz CT molecular complexity index is 1240. The first-order chi connectivity index (χ1) is 21.8. The van der Waals surface area contributed by atoms with Crippen molar-refractivity contribution in [1.29, 1.82) is 0 Å². The van der Waals surface area contributed by atoms with Gasteiger partial charge in [-0.2, -0.15) is 0 Å². The molecule has 0 aliphatic rings. The van der Waals surface area contributed by atoms with E-state index in [0.717, 1.165) is 0 Å². The Balaban J connectivity index is 1.35. The normalized spacial score (nSPS) is 11.6. The second-order valence-corrected chi connectivity index (χ2v) is 16.7. The summed E-state index contributed by atoms with van der Waals surface area (Å²) < 4.78 is 0. The maximum absolute atomic E-state index is 2.58. The molecule has 0 unspecified atom stereocenters. The molecule has 0 aliphatic heterocycles. The van der Waals surface area contributed by atoms with Crippen LogP contribution >= 0.6 is 45.3 Å². The molecule has 0 bridgehead atoms. The van der Waals surface area contributed by atoms with Gasteiger partial charge in [0, 0.05) is 29.3 Å². The van der Waals surface area contributed by atoms with Gasteiger partial charge in [0.05, 0.1) is 0 Å². The summed E-state index contributed by atoms with van der Waals surface area (Å²) in [5, 5.41) is 4.47. The van der Waals surface area contributed by atoms with Gasteiger partial charge < -0.3 is 0 Å². The first kappa shape index (κ1) is 35.7. The lowest BCUT2D eigenvalue weighted by Gasteiger charge is -2.04. The molecule has 4 heteroatoms. The summed E-state index contributed by atoms with van der Waals surface area (Å²) in [6.07, 6.45) is 30.4. The molecule has 44 heavy (non-hydrogen) atoms. The minimum Gasteiger partial charge on any atom is -0.143 e. The highest BCUT2D eigenvalue weighted by atomic mass is 32.1. The Morgan fingerprint density at radius 3 is 1.25 bits per heavy atom. The molecule has 4 rings (SSSR count). The van der Waals surface area contributed by atoms with E-state index in [4.69, 9.17) is 0 Å². The predicted octanol–water partition coefficient (Wildman–Crippen LogP) is 15.9. The van der Waals surface area contributed by atoms with Gasteiger partial charge in [-0.1, -0.05) is 142 Å². The minimum absolute atomic E-state index is 1.22. The van der Waals surface area contributed by atoms with Crippen LogP contribution in [0.25, 0.3) is 29.3 Å². The van der Waals surface area contributed by atoms with Gasteiger partial charge in [-0.3, -0.25) is 0 Å². The van der Waals surface area contributed by atoms with E-state index < -0.39 is 0 Å². The van der Waals surface area contributed by atoms with Crippen LogP contribution in [0.5, 0.6) is 0 Å². The standard InChI is InChI=1S/C40H58S4/c1-3-5-7-9-11-13-15-17-19-21-25-33-31-37(35-27-23-29-41-35)43-40(33)38-32-34(39(44-38)36-28-24-30-42-36)26-22-20-18-16-14-12-10-8-6-4-2/h23-24,27-32H,3-22,25-26H2,1-2H3. The zero-order chi connectivity index (χ0) is 30.7. The van der Waals surface area contributed by atoms with Crippen LogP contribution < -0.4 is 0 Å². The van der Waals surface area contributed by atoms with Crippen molar-refractivity contribution in [2.24, 2.45) is 0 Å². The van der Waals surface area contributed by atoms with Crippen LogP contribution in [-0.4, -0.2) is 0 Å². The maximum Gasteiger partial charge on any atom is 0.0481 e. The van der Waals surface area contributed by atoms with Crippen LogP contribution in [-0.2, 0) is 12.8 Å². The van der Waals surface area contributed by atoms with Gasteiger partial charge in [-0.05, 0) is 71.8 Å². The van der Waals surface area contributed by atoms with E-state index >= 15 is 0 Å². The third kappa shape index (κ3) is 12.2. The van der Waals surface area contributed by atoms with E-state index in [1.165, 1.54) is 166 Å². The molecule has 0 radical (unpaired) electrons. The molecule has 0 atom stereocenters. The number of hydrogen-bond acceptors (Lipinski definition) is 4. The molecule has 0 nitrogen and oxygen atoms in total. The first-order valence-electron chi connectivity index (χ1n) is 18.1. The number of rotatable bonds is 25. The van der Waals surface area contributed by atoms with Crippen LogP contribution in [0.3, 0.4) is 0 Å². The number of aryl methyl sites for hydroxylation is 2. The van der Waals surface area contributed by atoms with Crippen molar-refractivity contribution < 1.29 is 0 Å². The van der Waals surface area contributed by atoms with E-state index in [-0.39, 0.29) is 0 Å². The average molecular weight is 667 g/mol. The topological polar surface area (TPSA) is 0 Å². The number of hydrogen-bond donors (Lipinski definition) is 0. The molecule has 0 aromatic carbocycles. The molecule has 0 amide bonds. The van der Waals surface area contributed by atoms with Gasteiger partial charge in [0.25, 0.3) is 0 Å². The van der Waals surface area contributed by atoms with Crippen LogP contribution in [0.15, 0.2) is 47.2 Å². The Kier molecular flexibility index (Phi) is 17.5. The summed E-state index contributed by atoms with van der Waals surface area (Å²) in [5.41, 5.74) is 3.17. The smallest absolute Gasteiger partial charge is 0.0481 e. The van der Waals surface area contributed by atoms with Gasteiger partial charge in [-0.25, -0.2) is 0 Å². The summed E-state index contributed by atoms with van der Waals surface area (Å²) in [6, 6.07) is 14.2. The van der Waals surface area contributed by atoms with Crippen LogP contribution in [0.1, 0.15) is 153 Å². The van der Waals surface area contributed by atoms with E-state index in [0.29, 0.717) is 0 Å². The second-order valence-electron chi connectivity index (χ2n) is 12.7. The quantitative estimate of drug-likeness (QED) is 0.0618. The van der Waals surface area contributed by atoms with Crippen molar-refractivity contribution in [3.8, 4) is 29.3 Å². The zero-order valence-corrected chi connectivity index (χ0v) is 31.1. The van der Waals surface area contributed by atoms with Crippen LogP contribution in [0, 0.1) is 0 Å². The monoisotopic (exact) mass is 666 g/mol. The molecule has 0 aliphatic carbocycles. The predicted molar refractivity (Wildman–Crippen MR) is 205 cm³/mol. The zero-order valence-electron chi connectivity index (χ0n) is 27.8. The van der Waals surface area contributed by atoms with Crippen molar-refractivity contribution in [2.75, 3.05) is 0 Å². The summed E-state index contributed by atoms with van der Waals surface area (Å²) in [4.78, 5) is 8.91. The van der Waals surface area contributed by atoms with Gasteiger partial charge in [0.1, 0.15) is 0 Å². The highest BCUT2D eigenvalue weighted by molar-refractivity contribution is 7.28. The van der Waals surface area contributed by atoms with Gasteiger partial charge in [0.15, 0.2) is 0 Å². The van der Waals surface area contributed by atoms with Crippen molar-refractivity contribution in [2.45, 2.75) is 155 Å². The van der Waals surface area contributed by atoms with Crippen molar-refractivity contribution >= 4 is 45.3 Å². The molecule has 0 N–H and O–H groups in total. The lowest BCUT2D eigenvalue weighted by Crippen LogP contribution is -1.87. The molecule has 0 fully saturated rings. The molecular weight excluding hydrogens is 609 g/mol. The van der Waals surface area contributed by atoms with Crippen molar-refractivity contribution in [3.05, 3.63) is 58.3 Å². The Morgan fingerprint density at radius 2 is 0.795 bits per heavy atom. The summed E-state index contributed by atoms with van der Waals surface area (Å²) in [6.45, 7) is 4.61. The fraction of sp³-hybridized carbons (Fsp3) is 0.600. The molecule has 4 aromatic rings. The SMILES string of the molecule is CCCCCCCCCCCCc1cc(-c2cccs2)sc1-c1cc(CCCCCCCCCCCC)c(-c2cccs2)s1. The molecule has 0 saturated heterocycles. The molecule has 4 aromatic heterocycles. The van der Waals surface area contributed by atoms with E-state index in [1.54, 1.807) is 16.0 Å². The van der Waals surface area contributed by atoms with Gasteiger partial charge in [-0.15, -0.1) is 45.3 Å². The molecular formula is C40H58S4. The van der Waals surface area contributed by atoms with Gasteiger partial charge >= 0.3 is 0 Å². The Hall–Kier alpha value is -1.20. The lowest BCUT2D eigenvalue weighted by molar-refractivity contribution is 0.556. The van der Waals surface area contributed by atoms with Gasteiger partial charge in [0.2, 0.25) is 0 Å². The molecule has 4 heterocycles. The number of unbranched alkanes of at least 4 members (excludes halogenated alkanes) is 18. The maximum atomic E-state index is 2.58. The lowest BCUT2D eigenvalue weighted by atomic mass is 10.0. The third-order valence-corrected chi connectivity index (χ3v) is 13.6. The fourth-order valence-electron chi connectivity index (χ4n) is 6.31. The molecule has 0 saturated carbocycles.